The van der Waals surface area contributed by atoms with Gasteiger partial charge in [-0.25, -0.2) is 8.78 Å². The zero-order valence-corrected chi connectivity index (χ0v) is 12.1. The minimum Gasteiger partial charge on any atom is -0.304 e. The third-order valence-electron chi connectivity index (χ3n) is 3.28. The van der Waals surface area contributed by atoms with Crippen LogP contribution in [0.5, 0.6) is 0 Å². The van der Waals surface area contributed by atoms with E-state index < -0.39 is 0 Å². The van der Waals surface area contributed by atoms with Gasteiger partial charge in [-0.15, -0.1) is 0 Å². The van der Waals surface area contributed by atoms with E-state index in [0.717, 1.165) is 11.1 Å². The molecule has 4 heteroatoms. The standard InChI is InChI=1S/C16H16ClF2N/c1-10(12-4-3-5-13(18)8-12)20-11(2)15-7-6-14(19)9-16(15)17/h3-11,20H,1-2H3. The van der Waals surface area contributed by atoms with Crippen molar-refractivity contribution in [2.75, 3.05) is 0 Å². The van der Waals surface area contributed by atoms with Gasteiger partial charge in [0.15, 0.2) is 0 Å². The molecule has 2 rings (SSSR count). The van der Waals surface area contributed by atoms with E-state index in [1.165, 1.54) is 24.3 Å². The Morgan fingerprint density at radius 2 is 1.65 bits per heavy atom. The van der Waals surface area contributed by atoms with E-state index in [-0.39, 0.29) is 23.7 Å². The second-order valence-corrected chi connectivity index (χ2v) is 5.24. The Morgan fingerprint density at radius 1 is 0.950 bits per heavy atom. The van der Waals surface area contributed by atoms with Crippen molar-refractivity contribution in [2.45, 2.75) is 25.9 Å². The predicted molar refractivity (Wildman–Crippen MR) is 77.8 cm³/mol. The maximum atomic E-state index is 13.2. The largest absolute Gasteiger partial charge is 0.304 e. The predicted octanol–water partition coefficient (Wildman–Crippen LogP) is 5.03. The van der Waals surface area contributed by atoms with Gasteiger partial charge in [-0.1, -0.05) is 29.8 Å². The molecule has 1 N–H and O–H groups in total. The Bertz CT molecular complexity index is 601. The number of nitrogens with one attached hydrogen (secondary N) is 1. The number of halogens is 3. The Labute approximate surface area is 122 Å². The molecule has 0 amide bonds. The van der Waals surface area contributed by atoms with Crippen molar-refractivity contribution in [3.63, 3.8) is 0 Å². The Balaban J connectivity index is 2.12. The van der Waals surface area contributed by atoms with Crippen molar-refractivity contribution in [3.05, 3.63) is 70.2 Å². The van der Waals surface area contributed by atoms with Crippen molar-refractivity contribution in [1.82, 2.24) is 5.32 Å². The van der Waals surface area contributed by atoms with Crippen LogP contribution >= 0.6 is 11.6 Å². The van der Waals surface area contributed by atoms with Gasteiger partial charge < -0.3 is 5.32 Å². The molecule has 20 heavy (non-hydrogen) atoms. The summed E-state index contributed by atoms with van der Waals surface area (Å²) in [5.41, 5.74) is 1.67. The van der Waals surface area contributed by atoms with Crippen LogP contribution in [0, 0.1) is 11.6 Å². The van der Waals surface area contributed by atoms with Crippen LogP contribution in [0.15, 0.2) is 42.5 Å². The van der Waals surface area contributed by atoms with Crippen LogP contribution in [0.25, 0.3) is 0 Å². The molecule has 106 valence electrons. The molecule has 0 saturated heterocycles. The summed E-state index contributed by atoms with van der Waals surface area (Å²) in [6, 6.07) is 10.7. The smallest absolute Gasteiger partial charge is 0.124 e. The van der Waals surface area contributed by atoms with Crippen LogP contribution in [0.4, 0.5) is 8.78 Å². The highest BCUT2D eigenvalue weighted by molar-refractivity contribution is 6.31. The Kier molecular flexibility index (Phi) is 4.73. The molecule has 0 aromatic heterocycles. The highest BCUT2D eigenvalue weighted by Gasteiger charge is 2.14. The van der Waals surface area contributed by atoms with Gasteiger partial charge in [0.25, 0.3) is 0 Å². The highest BCUT2D eigenvalue weighted by atomic mass is 35.5. The first-order valence-electron chi connectivity index (χ1n) is 6.44. The summed E-state index contributed by atoms with van der Waals surface area (Å²) in [6.45, 7) is 3.89. The van der Waals surface area contributed by atoms with Crippen LogP contribution in [0.3, 0.4) is 0 Å². The monoisotopic (exact) mass is 295 g/mol. The molecular weight excluding hydrogens is 280 g/mol. The molecule has 0 bridgehead atoms. The van der Waals surface area contributed by atoms with Gasteiger partial charge in [-0.3, -0.25) is 0 Å². The van der Waals surface area contributed by atoms with Crippen molar-refractivity contribution in [3.8, 4) is 0 Å². The van der Waals surface area contributed by atoms with Gasteiger partial charge in [0.05, 0.1) is 0 Å². The number of hydrogen-bond donors (Lipinski definition) is 1. The fourth-order valence-corrected chi connectivity index (χ4v) is 2.52. The second kappa shape index (κ2) is 6.33. The average molecular weight is 296 g/mol. The lowest BCUT2D eigenvalue weighted by atomic mass is 10.0. The fourth-order valence-electron chi connectivity index (χ4n) is 2.19. The van der Waals surface area contributed by atoms with E-state index in [9.17, 15) is 8.78 Å². The van der Waals surface area contributed by atoms with Gasteiger partial charge in [0, 0.05) is 17.1 Å². The topological polar surface area (TPSA) is 12.0 Å². The Hall–Kier alpha value is -1.45. The molecular formula is C16H16ClF2N. The van der Waals surface area contributed by atoms with Crippen molar-refractivity contribution in [2.24, 2.45) is 0 Å². The third kappa shape index (κ3) is 3.56. The Morgan fingerprint density at radius 3 is 2.30 bits per heavy atom. The maximum Gasteiger partial charge on any atom is 0.124 e. The first-order chi connectivity index (χ1) is 9.47. The lowest BCUT2D eigenvalue weighted by molar-refractivity contribution is 0.491. The van der Waals surface area contributed by atoms with E-state index >= 15 is 0 Å². The summed E-state index contributed by atoms with van der Waals surface area (Å²) in [4.78, 5) is 0. The molecule has 1 nitrogen and oxygen atoms in total. The second-order valence-electron chi connectivity index (χ2n) is 4.83. The summed E-state index contributed by atoms with van der Waals surface area (Å²) < 4.78 is 26.2. The molecule has 2 unspecified atom stereocenters. The van der Waals surface area contributed by atoms with Crippen molar-refractivity contribution < 1.29 is 8.78 Å². The first kappa shape index (κ1) is 14.9. The van der Waals surface area contributed by atoms with Crippen LogP contribution in [-0.4, -0.2) is 0 Å². The average Bonchev–Trinajstić information content (AvgIpc) is 2.38. The number of rotatable bonds is 4. The number of hydrogen-bond acceptors (Lipinski definition) is 1. The molecule has 0 fully saturated rings. The van der Waals surface area contributed by atoms with E-state index in [2.05, 4.69) is 5.32 Å². The zero-order chi connectivity index (χ0) is 14.7. The molecule has 0 saturated carbocycles. The van der Waals surface area contributed by atoms with E-state index in [1.807, 2.05) is 19.9 Å². The van der Waals surface area contributed by atoms with Gasteiger partial charge in [0.1, 0.15) is 11.6 Å². The molecule has 0 aliphatic heterocycles. The third-order valence-corrected chi connectivity index (χ3v) is 3.61. The van der Waals surface area contributed by atoms with Crippen molar-refractivity contribution >= 4 is 11.6 Å². The minimum absolute atomic E-state index is 0.0400. The van der Waals surface area contributed by atoms with Crippen molar-refractivity contribution in [1.29, 1.82) is 0 Å². The highest BCUT2D eigenvalue weighted by Crippen LogP contribution is 2.26. The van der Waals surface area contributed by atoms with Gasteiger partial charge in [-0.2, -0.15) is 0 Å². The summed E-state index contributed by atoms with van der Waals surface area (Å²) in [5.74, 6) is -0.618. The van der Waals surface area contributed by atoms with Gasteiger partial charge in [-0.05, 0) is 49.2 Å². The minimum atomic E-state index is -0.357. The molecule has 0 aliphatic rings. The fraction of sp³-hybridized carbons (Fsp3) is 0.250. The molecule has 0 radical (unpaired) electrons. The molecule has 2 aromatic carbocycles. The van der Waals surface area contributed by atoms with E-state index in [0.29, 0.717) is 5.02 Å². The summed E-state index contributed by atoms with van der Waals surface area (Å²) >= 11 is 6.04. The van der Waals surface area contributed by atoms with Crippen LogP contribution < -0.4 is 5.32 Å². The quantitative estimate of drug-likeness (QED) is 0.834. The number of benzene rings is 2. The normalized spacial score (nSPS) is 14.1. The zero-order valence-electron chi connectivity index (χ0n) is 11.3. The summed E-state index contributed by atoms with van der Waals surface area (Å²) in [7, 11) is 0. The lowest BCUT2D eigenvalue weighted by Crippen LogP contribution is -2.22. The molecule has 2 aromatic rings. The molecule has 0 spiro atoms. The molecule has 0 heterocycles. The van der Waals surface area contributed by atoms with Crippen LogP contribution in [-0.2, 0) is 0 Å². The van der Waals surface area contributed by atoms with Crippen LogP contribution in [0.1, 0.15) is 37.1 Å². The maximum absolute atomic E-state index is 13.2. The SMILES string of the molecule is CC(NC(C)c1ccc(F)cc1Cl)c1cccc(F)c1. The lowest BCUT2D eigenvalue weighted by Gasteiger charge is -2.21. The summed E-state index contributed by atoms with van der Waals surface area (Å²) in [6.07, 6.45) is 0. The van der Waals surface area contributed by atoms with E-state index in [1.54, 1.807) is 12.1 Å². The van der Waals surface area contributed by atoms with E-state index in [4.69, 9.17) is 11.6 Å². The van der Waals surface area contributed by atoms with Gasteiger partial charge >= 0.3 is 0 Å². The molecule has 0 aliphatic carbocycles. The van der Waals surface area contributed by atoms with Gasteiger partial charge in [0.2, 0.25) is 0 Å². The van der Waals surface area contributed by atoms with Crippen LogP contribution in [0.2, 0.25) is 5.02 Å². The summed E-state index contributed by atoms with van der Waals surface area (Å²) in [5, 5.41) is 3.71. The molecule has 2 atom stereocenters. The first-order valence-corrected chi connectivity index (χ1v) is 6.81.